The zero-order valence-electron chi connectivity index (χ0n) is 15.4. The van der Waals surface area contributed by atoms with Crippen molar-refractivity contribution in [2.75, 3.05) is 5.32 Å². The van der Waals surface area contributed by atoms with Crippen LogP contribution in [-0.2, 0) is 9.59 Å². The highest BCUT2D eigenvalue weighted by Gasteiger charge is 2.13. The molecule has 0 unspecified atom stereocenters. The van der Waals surface area contributed by atoms with Crippen molar-refractivity contribution in [3.8, 4) is 5.75 Å². The third kappa shape index (κ3) is 5.63. The molecule has 3 N–H and O–H groups in total. The average Bonchev–Trinajstić information content (AvgIpc) is 2.65. The highest BCUT2D eigenvalue weighted by Crippen LogP contribution is 2.25. The van der Waals surface area contributed by atoms with Gasteiger partial charge in [0.05, 0.1) is 11.1 Å². The topological polar surface area (TPSA) is 134 Å². The normalized spacial score (nSPS) is 10.6. The molecule has 0 heterocycles. The van der Waals surface area contributed by atoms with Gasteiger partial charge in [-0.25, -0.2) is 5.43 Å². The van der Waals surface area contributed by atoms with Gasteiger partial charge in [0.15, 0.2) is 5.75 Å². The smallest absolute Gasteiger partial charge is 0.311 e. The Bertz CT molecular complexity index is 940. The van der Waals surface area contributed by atoms with Gasteiger partial charge in [-0.3, -0.25) is 19.7 Å². The molecule has 0 radical (unpaired) electrons. The van der Waals surface area contributed by atoms with Gasteiger partial charge in [0.2, 0.25) is 11.8 Å². The summed E-state index contributed by atoms with van der Waals surface area (Å²) in [5.74, 6) is -1.22. The Hall–Kier alpha value is -3.75. The lowest BCUT2D eigenvalue weighted by molar-refractivity contribution is -0.385. The van der Waals surface area contributed by atoms with Crippen LogP contribution in [0.15, 0.2) is 41.5 Å². The summed E-state index contributed by atoms with van der Waals surface area (Å²) in [4.78, 5) is 33.8. The summed E-state index contributed by atoms with van der Waals surface area (Å²) in [6.45, 7) is 3.85. The van der Waals surface area contributed by atoms with E-state index in [0.717, 1.165) is 17.2 Å². The molecule has 0 aromatic heterocycles. The number of hydrogen-bond acceptors (Lipinski definition) is 6. The number of anilines is 1. The van der Waals surface area contributed by atoms with Gasteiger partial charge in [-0.2, -0.15) is 5.10 Å². The molecule has 0 bridgehead atoms. The van der Waals surface area contributed by atoms with Crippen molar-refractivity contribution < 1.29 is 19.6 Å². The fraction of sp³-hybridized carbons (Fsp3) is 0.211. The van der Waals surface area contributed by atoms with Gasteiger partial charge in [0.1, 0.15) is 0 Å². The van der Waals surface area contributed by atoms with E-state index in [0.29, 0.717) is 11.3 Å². The summed E-state index contributed by atoms with van der Waals surface area (Å²) in [7, 11) is 0. The van der Waals surface area contributed by atoms with E-state index < -0.39 is 22.3 Å². The minimum Gasteiger partial charge on any atom is -0.502 e. The molecule has 0 fully saturated rings. The summed E-state index contributed by atoms with van der Waals surface area (Å²) in [6.07, 6.45) is 1.13. The predicted octanol–water partition coefficient (Wildman–Crippen LogP) is 2.79. The van der Waals surface area contributed by atoms with E-state index in [1.54, 1.807) is 6.07 Å². The van der Waals surface area contributed by atoms with Crippen molar-refractivity contribution >= 4 is 29.4 Å². The lowest BCUT2D eigenvalue weighted by Gasteiger charge is -2.10. The van der Waals surface area contributed by atoms with Crippen LogP contribution in [0.5, 0.6) is 5.75 Å². The van der Waals surface area contributed by atoms with Crippen molar-refractivity contribution in [2.45, 2.75) is 26.7 Å². The Balaban J connectivity index is 1.83. The number of nitrogens with one attached hydrogen (secondary N) is 2. The highest BCUT2D eigenvalue weighted by molar-refractivity contribution is 5.94. The number of aryl methyl sites for hydroxylation is 1. The van der Waals surface area contributed by atoms with Crippen LogP contribution in [0.1, 0.15) is 29.5 Å². The van der Waals surface area contributed by atoms with Gasteiger partial charge in [0.25, 0.3) is 0 Å². The van der Waals surface area contributed by atoms with E-state index in [4.69, 9.17) is 0 Å². The number of nitro benzene ring substituents is 1. The highest BCUT2D eigenvalue weighted by atomic mass is 16.6. The van der Waals surface area contributed by atoms with E-state index >= 15 is 0 Å². The van der Waals surface area contributed by atoms with Gasteiger partial charge in [0, 0.05) is 30.2 Å². The number of aromatic hydroxyl groups is 1. The second-order valence-electron chi connectivity index (χ2n) is 6.09. The van der Waals surface area contributed by atoms with Crippen LogP contribution in [0.3, 0.4) is 0 Å². The molecule has 2 aromatic rings. The Kier molecular flexibility index (Phi) is 6.80. The molecule has 2 aromatic carbocycles. The zero-order valence-corrected chi connectivity index (χ0v) is 15.4. The minimum atomic E-state index is -0.722. The molecule has 0 saturated carbocycles. The summed E-state index contributed by atoms with van der Waals surface area (Å²) >= 11 is 0. The summed E-state index contributed by atoms with van der Waals surface area (Å²) in [5, 5.41) is 26.6. The van der Waals surface area contributed by atoms with Crippen LogP contribution in [0, 0.1) is 24.0 Å². The number of amides is 2. The fourth-order valence-electron chi connectivity index (χ4n) is 2.33. The van der Waals surface area contributed by atoms with Gasteiger partial charge < -0.3 is 10.4 Å². The Morgan fingerprint density at radius 3 is 2.61 bits per heavy atom. The van der Waals surface area contributed by atoms with E-state index in [9.17, 15) is 24.8 Å². The molecule has 0 aliphatic heterocycles. The average molecular weight is 384 g/mol. The van der Waals surface area contributed by atoms with Crippen molar-refractivity contribution in [1.82, 2.24) is 5.43 Å². The molecule has 0 atom stereocenters. The number of phenolic OH excluding ortho intramolecular Hbond substituents is 1. The predicted molar refractivity (Wildman–Crippen MR) is 104 cm³/mol. The summed E-state index contributed by atoms with van der Waals surface area (Å²) in [6, 6.07) is 9.28. The molecule has 9 nitrogen and oxygen atoms in total. The van der Waals surface area contributed by atoms with Crippen molar-refractivity contribution in [1.29, 1.82) is 0 Å². The third-order valence-corrected chi connectivity index (χ3v) is 4.06. The molecular weight excluding hydrogens is 364 g/mol. The van der Waals surface area contributed by atoms with E-state index in [2.05, 4.69) is 15.8 Å². The van der Waals surface area contributed by atoms with Crippen LogP contribution in [-0.4, -0.2) is 28.1 Å². The number of nitrogens with zero attached hydrogens (tertiary/aromatic N) is 2. The number of hydrogen-bond donors (Lipinski definition) is 3. The first-order valence-corrected chi connectivity index (χ1v) is 8.43. The molecular formula is C19H20N4O5. The lowest BCUT2D eigenvalue weighted by Crippen LogP contribution is -2.21. The maximum atomic E-state index is 12.0. The van der Waals surface area contributed by atoms with Gasteiger partial charge in [-0.15, -0.1) is 0 Å². The van der Waals surface area contributed by atoms with E-state index in [1.807, 2.05) is 26.0 Å². The monoisotopic (exact) mass is 384 g/mol. The number of benzene rings is 2. The largest absolute Gasteiger partial charge is 0.502 e. The summed E-state index contributed by atoms with van der Waals surface area (Å²) < 4.78 is 0. The molecule has 2 amide bonds. The Morgan fingerprint density at radius 2 is 1.89 bits per heavy atom. The number of carbonyl (C=O) groups is 2. The minimum absolute atomic E-state index is 0.0145. The molecule has 0 aliphatic carbocycles. The number of nitro groups is 1. The molecule has 0 spiro atoms. The number of hydrazone groups is 1. The van der Waals surface area contributed by atoms with Crippen LogP contribution < -0.4 is 10.7 Å². The molecule has 9 heteroatoms. The number of phenols is 1. The standard InChI is InChI=1S/C19H20N4O5/c1-12-4-3-5-15(13(12)2)21-18(25)8-9-19(26)22-20-11-14-6-7-17(24)16(10-14)23(27)28/h3-7,10-11,24H,8-9H2,1-2H3,(H,21,25)(H,22,26)/b20-11+. The third-order valence-electron chi connectivity index (χ3n) is 4.06. The number of carbonyl (C=O) groups excluding carboxylic acids is 2. The maximum Gasteiger partial charge on any atom is 0.311 e. The lowest BCUT2D eigenvalue weighted by atomic mass is 10.1. The molecule has 0 aliphatic rings. The first-order valence-electron chi connectivity index (χ1n) is 8.43. The van der Waals surface area contributed by atoms with Gasteiger partial charge >= 0.3 is 5.69 Å². The second kappa shape index (κ2) is 9.26. The molecule has 28 heavy (non-hydrogen) atoms. The fourth-order valence-corrected chi connectivity index (χ4v) is 2.33. The van der Waals surface area contributed by atoms with Crippen molar-refractivity contribution in [3.63, 3.8) is 0 Å². The van der Waals surface area contributed by atoms with Gasteiger partial charge in [-0.05, 0) is 43.2 Å². The maximum absolute atomic E-state index is 12.0. The first-order chi connectivity index (χ1) is 13.3. The molecule has 0 saturated heterocycles. The summed E-state index contributed by atoms with van der Waals surface area (Å²) in [5.41, 5.74) is 4.85. The van der Waals surface area contributed by atoms with E-state index in [-0.39, 0.29) is 18.7 Å². The van der Waals surface area contributed by atoms with Crippen LogP contribution >= 0.6 is 0 Å². The van der Waals surface area contributed by atoms with Crippen LogP contribution in [0.4, 0.5) is 11.4 Å². The second-order valence-corrected chi connectivity index (χ2v) is 6.09. The van der Waals surface area contributed by atoms with Gasteiger partial charge in [-0.1, -0.05) is 12.1 Å². The van der Waals surface area contributed by atoms with Crippen LogP contribution in [0.2, 0.25) is 0 Å². The molecule has 146 valence electrons. The van der Waals surface area contributed by atoms with Crippen LogP contribution in [0.25, 0.3) is 0 Å². The SMILES string of the molecule is Cc1cccc(NC(=O)CCC(=O)N/N=C/c2ccc(O)c([N+](=O)[O-])c2)c1C. The zero-order chi connectivity index (χ0) is 20.7. The number of rotatable bonds is 7. The van der Waals surface area contributed by atoms with Crippen molar-refractivity contribution in [3.05, 3.63) is 63.2 Å². The Morgan fingerprint density at radius 1 is 1.18 bits per heavy atom. The first kappa shape index (κ1) is 20.6. The molecule has 2 rings (SSSR count). The quantitative estimate of drug-likeness (QED) is 0.383. The van der Waals surface area contributed by atoms with E-state index in [1.165, 1.54) is 18.3 Å². The van der Waals surface area contributed by atoms with Crippen molar-refractivity contribution in [2.24, 2.45) is 5.10 Å². The Labute approximate surface area is 161 Å².